The second-order valence-corrected chi connectivity index (χ2v) is 5.68. The summed E-state index contributed by atoms with van der Waals surface area (Å²) < 4.78 is 2.38. The predicted octanol–water partition coefficient (Wildman–Crippen LogP) is 5.21. The molecule has 4 aromatic rings. The molecule has 0 saturated carbocycles. The topological polar surface area (TPSA) is 4.93 Å². The highest BCUT2D eigenvalue weighted by Gasteiger charge is 2.26. The van der Waals surface area contributed by atoms with Crippen LogP contribution in [0.15, 0.2) is 78.9 Å². The molecule has 0 N–H and O–H groups in total. The average molecular weight is 280 g/mol. The van der Waals surface area contributed by atoms with Crippen molar-refractivity contribution in [1.82, 2.24) is 4.57 Å². The predicted molar refractivity (Wildman–Crippen MR) is 91.2 cm³/mol. The second kappa shape index (κ2) is 4.35. The van der Waals surface area contributed by atoms with Crippen LogP contribution in [0.25, 0.3) is 27.8 Å². The molecule has 0 spiro atoms. The lowest BCUT2D eigenvalue weighted by atomic mass is 10.1. The summed E-state index contributed by atoms with van der Waals surface area (Å²) in [5, 5.41) is 1.32. The summed E-state index contributed by atoms with van der Waals surface area (Å²) in [4.78, 5) is 0. The van der Waals surface area contributed by atoms with E-state index in [2.05, 4.69) is 89.9 Å². The lowest BCUT2D eigenvalue weighted by Gasteiger charge is -2.11. The van der Waals surface area contributed by atoms with E-state index in [0.29, 0.717) is 0 Å². The van der Waals surface area contributed by atoms with E-state index in [4.69, 9.17) is 0 Å². The van der Waals surface area contributed by atoms with Gasteiger partial charge in [-0.25, -0.2) is 0 Å². The zero-order valence-electron chi connectivity index (χ0n) is 12.0. The van der Waals surface area contributed by atoms with Crippen molar-refractivity contribution in [1.29, 1.82) is 0 Å². The molecule has 0 saturated heterocycles. The highest BCUT2D eigenvalue weighted by atomic mass is 15.0. The number of hydrogen-bond acceptors (Lipinski definition) is 0. The van der Waals surface area contributed by atoms with E-state index in [9.17, 15) is 0 Å². The molecule has 0 bridgehead atoms. The molecular formula is C21H14N. The van der Waals surface area contributed by atoms with Gasteiger partial charge in [-0.2, -0.15) is 0 Å². The maximum absolute atomic E-state index is 2.38. The Morgan fingerprint density at radius 2 is 1.36 bits per heavy atom. The van der Waals surface area contributed by atoms with Gasteiger partial charge in [0.25, 0.3) is 0 Å². The standard InChI is InChI=1S/C21H14N/c1-2-9-16(10-3-1)22-20-13-7-6-12-18(20)19-14-15-8-4-5-11-17(15)21(19)22/h1-14H. The summed E-state index contributed by atoms with van der Waals surface area (Å²) in [6.07, 6.45) is 2.31. The molecule has 0 atom stereocenters. The third-order valence-corrected chi connectivity index (χ3v) is 4.44. The molecule has 22 heavy (non-hydrogen) atoms. The summed E-state index contributed by atoms with van der Waals surface area (Å²) in [6, 6.07) is 27.9. The largest absolute Gasteiger partial charge is 0.309 e. The molecule has 0 fully saturated rings. The maximum atomic E-state index is 2.38. The molecule has 0 unspecified atom stereocenters. The quantitative estimate of drug-likeness (QED) is 0.397. The number of fused-ring (bicyclic) bond motifs is 5. The Kier molecular flexibility index (Phi) is 2.33. The summed E-state index contributed by atoms with van der Waals surface area (Å²) in [7, 11) is 0. The van der Waals surface area contributed by atoms with Gasteiger partial charge in [0.1, 0.15) is 0 Å². The van der Waals surface area contributed by atoms with Gasteiger partial charge in [0.2, 0.25) is 0 Å². The lowest BCUT2D eigenvalue weighted by molar-refractivity contribution is 1.14. The van der Waals surface area contributed by atoms with Crippen LogP contribution in [0.1, 0.15) is 11.1 Å². The van der Waals surface area contributed by atoms with E-state index in [1.54, 1.807) is 0 Å². The van der Waals surface area contributed by atoms with Crippen molar-refractivity contribution in [2.45, 2.75) is 0 Å². The van der Waals surface area contributed by atoms with Crippen LogP contribution in [-0.2, 0) is 0 Å². The van der Waals surface area contributed by atoms with Gasteiger partial charge in [-0.05, 0) is 29.3 Å². The molecule has 5 rings (SSSR count). The van der Waals surface area contributed by atoms with Crippen molar-refractivity contribution in [3.05, 3.63) is 96.4 Å². The number of aromatic nitrogens is 1. The van der Waals surface area contributed by atoms with Gasteiger partial charge in [-0.3, -0.25) is 0 Å². The Morgan fingerprint density at radius 1 is 0.636 bits per heavy atom. The molecule has 0 amide bonds. The highest BCUT2D eigenvalue weighted by Crippen LogP contribution is 2.44. The molecule has 1 nitrogen and oxygen atoms in total. The number of benzene rings is 3. The molecule has 1 aromatic heterocycles. The van der Waals surface area contributed by atoms with E-state index >= 15 is 0 Å². The average Bonchev–Trinajstić information content (AvgIpc) is 3.10. The van der Waals surface area contributed by atoms with Gasteiger partial charge >= 0.3 is 0 Å². The van der Waals surface area contributed by atoms with Gasteiger partial charge in [0.15, 0.2) is 0 Å². The van der Waals surface area contributed by atoms with Crippen LogP contribution in [0, 0.1) is 6.42 Å². The van der Waals surface area contributed by atoms with Crippen LogP contribution in [0.2, 0.25) is 0 Å². The Bertz CT molecular complexity index is 993. The molecule has 1 aliphatic rings. The van der Waals surface area contributed by atoms with Crippen molar-refractivity contribution >= 4 is 10.9 Å². The normalized spacial score (nSPS) is 12.4. The fourth-order valence-electron chi connectivity index (χ4n) is 3.52. The van der Waals surface area contributed by atoms with Gasteiger partial charge in [-0.1, -0.05) is 60.7 Å². The third-order valence-electron chi connectivity index (χ3n) is 4.44. The molecule has 103 valence electrons. The van der Waals surface area contributed by atoms with Crippen molar-refractivity contribution in [2.24, 2.45) is 0 Å². The fourth-order valence-corrected chi connectivity index (χ4v) is 3.52. The van der Waals surface area contributed by atoms with E-state index in [0.717, 1.165) is 0 Å². The molecule has 1 heterocycles. The lowest BCUT2D eigenvalue weighted by Crippen LogP contribution is -1.96. The minimum atomic E-state index is 1.21. The van der Waals surface area contributed by atoms with Crippen molar-refractivity contribution < 1.29 is 0 Å². The minimum Gasteiger partial charge on any atom is -0.309 e. The Balaban J connectivity index is 1.95. The summed E-state index contributed by atoms with van der Waals surface area (Å²) in [6.45, 7) is 0. The SMILES string of the molecule is [CH]1c2ccccc2-c2c1c1ccccc1n2-c1ccccc1. The zero-order valence-corrected chi connectivity index (χ0v) is 12.0. The van der Waals surface area contributed by atoms with Crippen LogP contribution in [0.5, 0.6) is 0 Å². The summed E-state index contributed by atoms with van der Waals surface area (Å²) in [5.41, 5.74) is 7.75. The first-order chi connectivity index (χ1) is 10.9. The molecule has 1 aliphatic carbocycles. The zero-order chi connectivity index (χ0) is 14.5. The molecule has 1 heteroatoms. The van der Waals surface area contributed by atoms with Crippen LogP contribution in [0.4, 0.5) is 0 Å². The van der Waals surface area contributed by atoms with E-state index in [-0.39, 0.29) is 0 Å². The van der Waals surface area contributed by atoms with Crippen molar-refractivity contribution in [3.63, 3.8) is 0 Å². The van der Waals surface area contributed by atoms with Gasteiger partial charge in [-0.15, -0.1) is 0 Å². The Morgan fingerprint density at radius 3 is 2.27 bits per heavy atom. The first kappa shape index (κ1) is 11.8. The van der Waals surface area contributed by atoms with Crippen LogP contribution in [-0.4, -0.2) is 4.57 Å². The maximum Gasteiger partial charge on any atom is 0.0582 e. The van der Waals surface area contributed by atoms with E-state index in [1.165, 1.54) is 39.0 Å². The van der Waals surface area contributed by atoms with Crippen molar-refractivity contribution in [3.8, 4) is 16.9 Å². The van der Waals surface area contributed by atoms with Crippen LogP contribution < -0.4 is 0 Å². The van der Waals surface area contributed by atoms with E-state index in [1.807, 2.05) is 0 Å². The Hall–Kier alpha value is -2.80. The smallest absolute Gasteiger partial charge is 0.0582 e. The monoisotopic (exact) mass is 280 g/mol. The highest BCUT2D eigenvalue weighted by molar-refractivity contribution is 5.99. The molecule has 3 aromatic carbocycles. The molecular weight excluding hydrogens is 266 g/mol. The second-order valence-electron chi connectivity index (χ2n) is 5.68. The minimum absolute atomic E-state index is 1.21. The number of rotatable bonds is 1. The summed E-state index contributed by atoms with van der Waals surface area (Å²) >= 11 is 0. The van der Waals surface area contributed by atoms with Gasteiger partial charge < -0.3 is 4.57 Å². The Labute approximate surface area is 129 Å². The molecule has 1 radical (unpaired) electrons. The fraction of sp³-hybridized carbons (Fsp3) is 0. The van der Waals surface area contributed by atoms with Crippen LogP contribution in [0.3, 0.4) is 0 Å². The summed E-state index contributed by atoms with van der Waals surface area (Å²) in [5.74, 6) is 0. The van der Waals surface area contributed by atoms with Gasteiger partial charge in [0, 0.05) is 23.1 Å². The third kappa shape index (κ3) is 1.48. The van der Waals surface area contributed by atoms with E-state index < -0.39 is 0 Å². The number of nitrogens with zero attached hydrogens (tertiary/aromatic N) is 1. The molecule has 0 aliphatic heterocycles. The van der Waals surface area contributed by atoms with Crippen LogP contribution >= 0.6 is 0 Å². The number of para-hydroxylation sites is 2. The first-order valence-electron chi connectivity index (χ1n) is 7.56. The number of hydrogen-bond donors (Lipinski definition) is 0. The van der Waals surface area contributed by atoms with Crippen molar-refractivity contribution in [2.75, 3.05) is 0 Å². The first-order valence-corrected chi connectivity index (χ1v) is 7.56. The van der Waals surface area contributed by atoms with Gasteiger partial charge in [0.05, 0.1) is 11.2 Å².